The first-order valence-corrected chi connectivity index (χ1v) is 5.50. The molecule has 0 N–H and O–H groups in total. The fourth-order valence-electron chi connectivity index (χ4n) is 1.41. The Morgan fingerprint density at radius 1 is 1.20 bits per heavy atom. The van der Waals surface area contributed by atoms with Crippen molar-refractivity contribution in [1.29, 1.82) is 0 Å². The molecule has 80 valence electrons. The van der Waals surface area contributed by atoms with E-state index in [1.165, 1.54) is 0 Å². The van der Waals surface area contributed by atoms with Crippen molar-refractivity contribution in [1.82, 2.24) is 0 Å². The SMILES string of the molecule is O=NSC1COC(c2ccccc2)OC1. The molecule has 0 bridgehead atoms. The van der Waals surface area contributed by atoms with Gasteiger partial charge in [0, 0.05) is 22.1 Å². The van der Waals surface area contributed by atoms with Crippen molar-refractivity contribution in [3.63, 3.8) is 0 Å². The fraction of sp³-hybridized carbons (Fsp3) is 0.400. The quantitative estimate of drug-likeness (QED) is 0.585. The summed E-state index contributed by atoms with van der Waals surface area (Å²) in [6.07, 6.45) is -0.310. The van der Waals surface area contributed by atoms with Crippen molar-refractivity contribution in [3.05, 3.63) is 40.8 Å². The van der Waals surface area contributed by atoms with Crippen LogP contribution in [0.2, 0.25) is 0 Å². The van der Waals surface area contributed by atoms with Crippen molar-refractivity contribution in [2.45, 2.75) is 11.5 Å². The van der Waals surface area contributed by atoms with E-state index >= 15 is 0 Å². The van der Waals surface area contributed by atoms with Crippen LogP contribution >= 0.6 is 11.9 Å². The summed E-state index contributed by atoms with van der Waals surface area (Å²) in [7, 11) is 0. The third-order valence-electron chi connectivity index (χ3n) is 2.13. The molecule has 0 radical (unpaired) electrons. The average Bonchev–Trinajstić information content (AvgIpc) is 2.32. The number of benzene rings is 1. The highest BCUT2D eigenvalue weighted by molar-refractivity contribution is 7.98. The van der Waals surface area contributed by atoms with Crippen LogP contribution in [0, 0.1) is 4.91 Å². The maximum absolute atomic E-state index is 10.0. The fourth-order valence-corrected chi connectivity index (χ4v) is 1.81. The van der Waals surface area contributed by atoms with Crippen LogP contribution in [0.5, 0.6) is 0 Å². The first kappa shape index (κ1) is 10.6. The number of rotatable bonds is 3. The van der Waals surface area contributed by atoms with Crippen LogP contribution < -0.4 is 0 Å². The minimum Gasteiger partial charge on any atom is -0.347 e. The Balaban J connectivity index is 1.91. The molecule has 5 heteroatoms. The van der Waals surface area contributed by atoms with Gasteiger partial charge in [-0.3, -0.25) is 0 Å². The maximum atomic E-state index is 10.0. The summed E-state index contributed by atoms with van der Waals surface area (Å²) in [4.78, 5) is 10.0. The second kappa shape index (κ2) is 5.25. The van der Waals surface area contributed by atoms with Gasteiger partial charge in [0.2, 0.25) is 0 Å². The number of hydrogen-bond donors (Lipinski definition) is 0. The summed E-state index contributed by atoms with van der Waals surface area (Å²) in [5, 5.41) is 0.0162. The van der Waals surface area contributed by atoms with E-state index in [9.17, 15) is 4.91 Å². The molecule has 0 spiro atoms. The summed E-state index contributed by atoms with van der Waals surface area (Å²) in [5.74, 6) is 0. The normalized spacial score (nSPS) is 26.1. The standard InChI is InChI=1S/C10H11NO3S/c12-11-15-9-6-13-10(14-7-9)8-4-2-1-3-5-8/h1-5,9-10H,6-7H2. The topological polar surface area (TPSA) is 47.9 Å². The number of hydrogen-bond acceptors (Lipinski definition) is 5. The second-order valence-electron chi connectivity index (χ2n) is 3.21. The van der Waals surface area contributed by atoms with Gasteiger partial charge in [-0.05, 0) is 0 Å². The summed E-state index contributed by atoms with van der Waals surface area (Å²) in [5.41, 5.74) is 1.00. The Kier molecular flexibility index (Phi) is 3.71. The van der Waals surface area contributed by atoms with Crippen LogP contribution in [0.1, 0.15) is 11.9 Å². The van der Waals surface area contributed by atoms with E-state index in [-0.39, 0.29) is 11.5 Å². The monoisotopic (exact) mass is 225 g/mol. The Labute approximate surface area is 92.1 Å². The van der Waals surface area contributed by atoms with E-state index in [2.05, 4.69) is 4.58 Å². The lowest BCUT2D eigenvalue weighted by atomic mass is 10.2. The molecule has 0 amide bonds. The van der Waals surface area contributed by atoms with Crippen molar-refractivity contribution < 1.29 is 9.47 Å². The zero-order valence-electron chi connectivity index (χ0n) is 8.04. The highest BCUT2D eigenvalue weighted by Crippen LogP contribution is 2.27. The molecule has 1 aromatic carbocycles. The van der Waals surface area contributed by atoms with Crippen LogP contribution in [0.3, 0.4) is 0 Å². The van der Waals surface area contributed by atoms with Gasteiger partial charge in [0.05, 0.1) is 18.5 Å². The van der Waals surface area contributed by atoms with Crippen molar-refractivity contribution >= 4 is 11.9 Å². The van der Waals surface area contributed by atoms with Crippen LogP contribution in [0.4, 0.5) is 0 Å². The molecule has 1 aromatic rings. The van der Waals surface area contributed by atoms with Gasteiger partial charge in [-0.15, -0.1) is 4.91 Å². The van der Waals surface area contributed by atoms with Gasteiger partial charge in [0.25, 0.3) is 0 Å². The highest BCUT2D eigenvalue weighted by Gasteiger charge is 2.24. The molecule has 1 aliphatic heterocycles. The van der Waals surface area contributed by atoms with Crippen molar-refractivity contribution in [2.24, 2.45) is 4.58 Å². The van der Waals surface area contributed by atoms with Gasteiger partial charge >= 0.3 is 0 Å². The maximum Gasteiger partial charge on any atom is 0.183 e. The Morgan fingerprint density at radius 2 is 1.87 bits per heavy atom. The summed E-state index contributed by atoms with van der Waals surface area (Å²) in [6, 6.07) is 9.74. The molecule has 0 atom stereocenters. The van der Waals surface area contributed by atoms with Gasteiger partial charge in [0.1, 0.15) is 0 Å². The first-order valence-electron chi connectivity index (χ1n) is 4.67. The minimum absolute atomic E-state index is 0.0162. The third kappa shape index (κ3) is 2.77. The largest absolute Gasteiger partial charge is 0.347 e. The van der Waals surface area contributed by atoms with Crippen molar-refractivity contribution in [3.8, 4) is 0 Å². The molecule has 4 nitrogen and oxygen atoms in total. The predicted molar refractivity (Wildman–Crippen MR) is 58.3 cm³/mol. The van der Waals surface area contributed by atoms with E-state index in [1.807, 2.05) is 30.3 Å². The molecule has 1 heterocycles. The molecule has 0 aliphatic carbocycles. The van der Waals surface area contributed by atoms with Crippen molar-refractivity contribution in [2.75, 3.05) is 13.2 Å². The van der Waals surface area contributed by atoms with Gasteiger partial charge in [-0.1, -0.05) is 30.3 Å². The molecule has 0 saturated carbocycles. The molecule has 0 unspecified atom stereocenters. The Morgan fingerprint density at radius 3 is 2.47 bits per heavy atom. The lowest BCUT2D eigenvalue weighted by Gasteiger charge is -2.27. The Hall–Kier alpha value is -0.910. The van der Waals surface area contributed by atoms with Crippen LogP contribution in [0.25, 0.3) is 0 Å². The zero-order chi connectivity index (χ0) is 10.5. The van der Waals surface area contributed by atoms with Crippen LogP contribution in [-0.4, -0.2) is 18.5 Å². The van der Waals surface area contributed by atoms with E-state index in [4.69, 9.17) is 9.47 Å². The molecular weight excluding hydrogens is 214 g/mol. The van der Waals surface area contributed by atoms with Gasteiger partial charge in [-0.2, -0.15) is 0 Å². The Bertz CT molecular complexity index is 312. The van der Waals surface area contributed by atoms with Gasteiger partial charge < -0.3 is 9.47 Å². The smallest absolute Gasteiger partial charge is 0.183 e. The molecule has 1 aliphatic rings. The van der Waals surface area contributed by atoms with E-state index in [1.54, 1.807) is 0 Å². The van der Waals surface area contributed by atoms with Crippen LogP contribution in [-0.2, 0) is 9.47 Å². The minimum atomic E-state index is -0.310. The van der Waals surface area contributed by atoms with Gasteiger partial charge in [0.15, 0.2) is 6.29 Å². The molecule has 1 fully saturated rings. The van der Waals surface area contributed by atoms with E-state index < -0.39 is 0 Å². The average molecular weight is 225 g/mol. The third-order valence-corrected chi connectivity index (χ3v) is 2.79. The summed E-state index contributed by atoms with van der Waals surface area (Å²) < 4.78 is 13.7. The first-order chi connectivity index (χ1) is 7.40. The molecular formula is C10H11NO3S. The summed E-state index contributed by atoms with van der Waals surface area (Å²) in [6.45, 7) is 0.992. The number of nitrogens with zero attached hydrogens (tertiary/aromatic N) is 1. The lowest BCUT2D eigenvalue weighted by molar-refractivity contribution is -0.179. The second-order valence-corrected chi connectivity index (χ2v) is 4.24. The molecule has 0 aromatic heterocycles. The highest BCUT2D eigenvalue weighted by atomic mass is 32.2. The predicted octanol–water partition coefficient (Wildman–Crippen LogP) is 2.52. The molecule has 1 saturated heterocycles. The van der Waals surface area contributed by atoms with E-state index in [0.717, 1.165) is 17.5 Å². The van der Waals surface area contributed by atoms with Gasteiger partial charge in [-0.25, -0.2) is 0 Å². The summed E-state index contributed by atoms with van der Waals surface area (Å²) >= 11 is 0.969. The molecule has 2 rings (SSSR count). The number of ether oxygens (including phenoxy) is 2. The zero-order valence-corrected chi connectivity index (χ0v) is 8.85. The van der Waals surface area contributed by atoms with E-state index in [0.29, 0.717) is 13.2 Å². The molecule has 15 heavy (non-hydrogen) atoms. The lowest BCUT2D eigenvalue weighted by Crippen LogP contribution is -2.28. The number of nitroso groups, excluding NO2 is 1. The van der Waals surface area contributed by atoms with Crippen LogP contribution in [0.15, 0.2) is 34.9 Å².